The van der Waals surface area contributed by atoms with Gasteiger partial charge in [-0.3, -0.25) is 5.10 Å². The number of aromatic nitrogens is 2. The van der Waals surface area contributed by atoms with Crippen molar-refractivity contribution in [1.29, 1.82) is 0 Å². The van der Waals surface area contributed by atoms with E-state index in [0.29, 0.717) is 10.6 Å². The molecule has 20 heavy (non-hydrogen) atoms. The van der Waals surface area contributed by atoms with Crippen LogP contribution in [0.2, 0.25) is 5.02 Å². The molecule has 0 amide bonds. The van der Waals surface area contributed by atoms with Crippen LogP contribution in [0.1, 0.15) is 24.1 Å². The quantitative estimate of drug-likeness (QED) is 0.779. The number of sulfonamides is 1. The summed E-state index contributed by atoms with van der Waals surface area (Å²) in [4.78, 5) is 0. The molecule has 0 aliphatic carbocycles. The van der Waals surface area contributed by atoms with E-state index >= 15 is 0 Å². The van der Waals surface area contributed by atoms with Gasteiger partial charge in [-0.15, -0.1) is 0 Å². The van der Waals surface area contributed by atoms with E-state index < -0.39 is 16.1 Å². The highest BCUT2D eigenvalue weighted by molar-refractivity contribution is 7.89. The van der Waals surface area contributed by atoms with Crippen molar-refractivity contribution in [2.24, 2.45) is 5.73 Å². The Morgan fingerprint density at radius 1 is 1.50 bits per heavy atom. The number of H-pyrrole nitrogens is 1. The van der Waals surface area contributed by atoms with Gasteiger partial charge < -0.3 is 5.73 Å². The van der Waals surface area contributed by atoms with E-state index in [0.717, 1.165) is 5.56 Å². The summed E-state index contributed by atoms with van der Waals surface area (Å²) in [6, 6.07) is 6.59. The fourth-order valence-electron chi connectivity index (χ4n) is 1.81. The Hall–Kier alpha value is -1.41. The molecule has 8 heteroatoms. The van der Waals surface area contributed by atoms with Crippen molar-refractivity contribution in [3.8, 4) is 0 Å². The molecule has 1 atom stereocenters. The highest BCUT2D eigenvalue weighted by Gasteiger charge is 2.23. The van der Waals surface area contributed by atoms with Gasteiger partial charge in [0.25, 0.3) is 10.0 Å². The molecular weight excluding hydrogens is 300 g/mol. The van der Waals surface area contributed by atoms with Gasteiger partial charge in [-0.05, 0) is 24.6 Å². The van der Waals surface area contributed by atoms with Crippen molar-refractivity contribution >= 4 is 21.6 Å². The van der Waals surface area contributed by atoms with Crippen LogP contribution in [0, 0.1) is 0 Å². The van der Waals surface area contributed by atoms with Crippen molar-refractivity contribution in [1.82, 2.24) is 14.9 Å². The van der Waals surface area contributed by atoms with Crippen LogP contribution < -0.4 is 10.5 Å². The molecule has 1 unspecified atom stereocenters. The van der Waals surface area contributed by atoms with Crippen molar-refractivity contribution < 1.29 is 8.42 Å². The summed E-state index contributed by atoms with van der Waals surface area (Å²) < 4.78 is 27.1. The smallest absolute Gasteiger partial charge is 0.258 e. The van der Waals surface area contributed by atoms with E-state index in [-0.39, 0.29) is 11.6 Å². The van der Waals surface area contributed by atoms with Gasteiger partial charge in [0.15, 0.2) is 5.03 Å². The summed E-state index contributed by atoms with van der Waals surface area (Å²) in [7, 11) is -3.71. The van der Waals surface area contributed by atoms with Crippen LogP contribution in [-0.2, 0) is 16.6 Å². The number of hydrogen-bond acceptors (Lipinski definition) is 4. The summed E-state index contributed by atoms with van der Waals surface area (Å²) in [6.45, 7) is 1.83. The first kappa shape index (κ1) is 15.0. The molecule has 1 aromatic heterocycles. The summed E-state index contributed by atoms with van der Waals surface area (Å²) in [6.07, 6.45) is 1.40. The van der Waals surface area contributed by atoms with E-state index in [2.05, 4.69) is 14.9 Å². The van der Waals surface area contributed by atoms with Gasteiger partial charge in [0, 0.05) is 23.2 Å². The van der Waals surface area contributed by atoms with Crippen molar-refractivity contribution in [3.63, 3.8) is 0 Å². The Morgan fingerprint density at radius 2 is 2.25 bits per heavy atom. The zero-order chi connectivity index (χ0) is 14.8. The van der Waals surface area contributed by atoms with Gasteiger partial charge in [0.1, 0.15) is 0 Å². The topological polar surface area (TPSA) is 101 Å². The minimum Gasteiger partial charge on any atom is -0.326 e. The van der Waals surface area contributed by atoms with Crippen LogP contribution in [-0.4, -0.2) is 18.6 Å². The highest BCUT2D eigenvalue weighted by Crippen LogP contribution is 2.20. The highest BCUT2D eigenvalue weighted by atomic mass is 35.5. The maximum atomic E-state index is 12.3. The molecule has 2 aromatic rings. The minimum absolute atomic E-state index is 0.00567. The second-order valence-corrected chi connectivity index (χ2v) is 6.41. The Labute approximate surface area is 122 Å². The minimum atomic E-state index is -3.71. The maximum absolute atomic E-state index is 12.3. The Bertz CT molecular complexity index is 699. The Kier molecular flexibility index (Phi) is 4.44. The molecule has 6 nitrogen and oxygen atoms in total. The van der Waals surface area contributed by atoms with Crippen molar-refractivity contribution in [3.05, 3.63) is 46.6 Å². The third-order valence-electron chi connectivity index (χ3n) is 2.85. The monoisotopic (exact) mass is 314 g/mol. The molecular formula is C12H15ClN4O2S. The lowest BCUT2D eigenvalue weighted by atomic mass is 10.1. The zero-order valence-corrected chi connectivity index (χ0v) is 12.4. The molecule has 1 heterocycles. The lowest BCUT2D eigenvalue weighted by Gasteiger charge is -2.14. The van der Waals surface area contributed by atoms with E-state index in [1.165, 1.54) is 6.20 Å². The summed E-state index contributed by atoms with van der Waals surface area (Å²) in [5.41, 5.74) is 6.70. The lowest BCUT2D eigenvalue weighted by molar-refractivity contribution is 0.561. The molecule has 0 spiro atoms. The molecule has 0 fully saturated rings. The van der Waals surface area contributed by atoms with Crippen LogP contribution in [0.3, 0.4) is 0 Å². The molecule has 0 bridgehead atoms. The molecule has 0 aliphatic rings. The number of halogens is 1. The Balaban J connectivity index is 2.24. The third kappa shape index (κ3) is 3.18. The number of aromatic amines is 1. The lowest BCUT2D eigenvalue weighted by Crippen LogP contribution is -2.28. The largest absolute Gasteiger partial charge is 0.326 e. The fourth-order valence-corrected chi connectivity index (χ4v) is 3.39. The standard InChI is InChI=1S/C12H15ClN4O2S/c1-8(9-3-2-4-11(13)5-9)17-20(18,19)12-10(6-14)7-15-16-12/h2-5,7-8,17H,6,14H2,1H3,(H,15,16). The van der Waals surface area contributed by atoms with E-state index in [9.17, 15) is 8.42 Å². The summed E-state index contributed by atoms with van der Waals surface area (Å²) in [5.74, 6) is 0. The summed E-state index contributed by atoms with van der Waals surface area (Å²) in [5, 5.41) is 6.71. The molecule has 0 radical (unpaired) electrons. The van der Waals surface area contributed by atoms with Crippen LogP contribution >= 0.6 is 11.6 Å². The second-order valence-electron chi connectivity index (χ2n) is 4.33. The first-order valence-electron chi connectivity index (χ1n) is 5.94. The number of nitrogens with zero attached hydrogens (tertiary/aromatic N) is 1. The van der Waals surface area contributed by atoms with Crippen molar-refractivity contribution in [2.45, 2.75) is 24.5 Å². The van der Waals surface area contributed by atoms with Crippen LogP contribution in [0.25, 0.3) is 0 Å². The third-order valence-corrected chi connectivity index (χ3v) is 4.64. The molecule has 4 N–H and O–H groups in total. The average molecular weight is 315 g/mol. The predicted molar refractivity (Wildman–Crippen MR) is 76.7 cm³/mol. The molecule has 1 aromatic carbocycles. The first-order chi connectivity index (χ1) is 9.44. The van der Waals surface area contributed by atoms with Gasteiger partial charge in [0.2, 0.25) is 0 Å². The molecule has 0 saturated carbocycles. The molecule has 2 rings (SSSR count). The van der Waals surface area contributed by atoms with E-state index in [1.54, 1.807) is 31.2 Å². The zero-order valence-electron chi connectivity index (χ0n) is 10.8. The SMILES string of the molecule is CC(NS(=O)(=O)c1[nH]ncc1CN)c1cccc(Cl)c1. The number of nitrogens with two attached hydrogens (primary N) is 1. The van der Waals surface area contributed by atoms with Crippen molar-refractivity contribution in [2.75, 3.05) is 0 Å². The normalized spacial score (nSPS) is 13.3. The fraction of sp³-hybridized carbons (Fsp3) is 0.250. The predicted octanol–water partition coefficient (Wildman–Crippen LogP) is 1.56. The van der Waals surface area contributed by atoms with Crippen LogP contribution in [0.4, 0.5) is 0 Å². The first-order valence-corrected chi connectivity index (χ1v) is 7.80. The number of rotatable bonds is 5. The number of hydrogen-bond donors (Lipinski definition) is 3. The maximum Gasteiger partial charge on any atom is 0.258 e. The van der Waals surface area contributed by atoms with Crippen LogP contribution in [0.15, 0.2) is 35.5 Å². The van der Waals surface area contributed by atoms with Gasteiger partial charge in [-0.1, -0.05) is 23.7 Å². The van der Waals surface area contributed by atoms with Gasteiger partial charge in [-0.2, -0.15) is 5.10 Å². The molecule has 108 valence electrons. The summed E-state index contributed by atoms with van der Waals surface area (Å²) >= 11 is 5.90. The van der Waals surface area contributed by atoms with E-state index in [4.69, 9.17) is 17.3 Å². The molecule has 0 saturated heterocycles. The van der Waals surface area contributed by atoms with E-state index in [1.807, 2.05) is 0 Å². The van der Waals surface area contributed by atoms with Gasteiger partial charge >= 0.3 is 0 Å². The van der Waals surface area contributed by atoms with Gasteiger partial charge in [-0.25, -0.2) is 13.1 Å². The Morgan fingerprint density at radius 3 is 2.90 bits per heavy atom. The molecule has 0 aliphatic heterocycles. The average Bonchev–Trinajstić information content (AvgIpc) is 2.87. The van der Waals surface area contributed by atoms with Crippen LogP contribution in [0.5, 0.6) is 0 Å². The number of benzene rings is 1. The van der Waals surface area contributed by atoms with Gasteiger partial charge in [0.05, 0.1) is 6.20 Å². The second kappa shape index (κ2) is 5.92. The number of nitrogens with one attached hydrogen (secondary N) is 2.